The monoisotopic (exact) mass is 136 g/mol. The first-order chi connectivity index (χ1) is 4.33. The van der Waals surface area contributed by atoms with Crippen molar-refractivity contribution < 1.29 is 18.9 Å². The molecule has 0 saturated carbocycles. The maximum Gasteiger partial charge on any atom is 1.00 e. The van der Waals surface area contributed by atoms with Gasteiger partial charge in [-0.2, -0.15) is 6.32 Å². The number of rotatable bonds is 3. The van der Waals surface area contributed by atoms with Crippen LogP contribution < -0.4 is 24.1 Å². The van der Waals surface area contributed by atoms with E-state index in [0.717, 1.165) is 7.41 Å². The predicted octanol–water partition coefficient (Wildman–Crippen LogP) is -1.19. The number of nitrogens with one attached hydrogen (secondary N) is 1. The summed E-state index contributed by atoms with van der Waals surface area (Å²) in [5, 5.41) is 3.02. The fourth-order valence-electron chi connectivity index (χ4n) is 0.250. The van der Waals surface area contributed by atoms with E-state index in [0.29, 0.717) is 0 Å². The van der Waals surface area contributed by atoms with Gasteiger partial charge in [-0.1, -0.05) is 48.1 Å². The third-order valence-electron chi connectivity index (χ3n) is 1.000. The van der Waals surface area contributed by atoms with Gasteiger partial charge >= 0.3 is 18.9 Å². The van der Waals surface area contributed by atoms with Crippen molar-refractivity contribution >= 4 is 7.41 Å². The molecule has 0 aliphatic heterocycles. The smallest absolute Gasteiger partial charge is 0.525 e. The van der Waals surface area contributed by atoms with Crippen LogP contribution in [-0.4, -0.2) is 14.5 Å². The molecule has 3 heteroatoms. The zero-order valence-electron chi connectivity index (χ0n) is 8.33. The normalized spacial score (nSPS) is 7.20. The van der Waals surface area contributed by atoms with Gasteiger partial charge < -0.3 is 5.23 Å². The van der Waals surface area contributed by atoms with Crippen LogP contribution in [0.5, 0.6) is 0 Å². The third kappa shape index (κ3) is 38.2. The van der Waals surface area contributed by atoms with E-state index in [1.807, 2.05) is 7.05 Å². The standard InChI is InChI=1S/C4H10.C3H10BN.Li/c1-3-4-2;1-3-4-5-2;/h3-4H2,1-2H3;4-5H,3H2,1-2H3;/q;-1;+1. The molecule has 0 amide bonds. The summed E-state index contributed by atoms with van der Waals surface area (Å²) in [7, 11) is 3.10. The molecule has 0 aromatic rings. The molecule has 0 aromatic carbocycles. The molecule has 0 spiro atoms. The SMILES string of the molecule is CCCC.CC[BH-]NC.[Li+]. The molecule has 1 N–H and O–H groups in total. The maximum absolute atomic E-state index is 3.02. The van der Waals surface area contributed by atoms with E-state index in [1.165, 1.54) is 19.2 Å². The summed E-state index contributed by atoms with van der Waals surface area (Å²) in [6, 6.07) is 0. The molecule has 0 saturated heterocycles. The molecule has 0 aliphatic rings. The first-order valence-corrected chi connectivity index (χ1v) is 3.97. The molecule has 0 unspecified atom stereocenters. The van der Waals surface area contributed by atoms with Crippen LogP contribution in [0.15, 0.2) is 0 Å². The van der Waals surface area contributed by atoms with Crippen LogP contribution >= 0.6 is 0 Å². The molecule has 10 heavy (non-hydrogen) atoms. The Bertz CT molecular complexity index is 32.8. The molecule has 57 valence electrons. The largest absolute Gasteiger partial charge is 1.00 e. The molecule has 1 nitrogen and oxygen atoms in total. The fraction of sp³-hybridized carbons (Fsp3) is 1.00. The minimum Gasteiger partial charge on any atom is -0.525 e. The molecular weight excluding hydrogens is 116 g/mol. The van der Waals surface area contributed by atoms with Gasteiger partial charge in [-0.25, -0.2) is 0 Å². The Hall–Kier alpha value is 0.622. The van der Waals surface area contributed by atoms with Gasteiger partial charge in [0.05, 0.1) is 0 Å². The van der Waals surface area contributed by atoms with Crippen LogP contribution in [0.2, 0.25) is 6.32 Å². The second kappa shape index (κ2) is 22.6. The van der Waals surface area contributed by atoms with Crippen molar-refractivity contribution in [2.24, 2.45) is 0 Å². The predicted molar refractivity (Wildman–Crippen MR) is 47.3 cm³/mol. The Labute approximate surface area is 78.8 Å². The minimum atomic E-state index is 0. The van der Waals surface area contributed by atoms with Gasteiger partial charge in [-0.15, -0.1) is 0 Å². The van der Waals surface area contributed by atoms with Crippen LogP contribution in [0.4, 0.5) is 0 Å². The van der Waals surface area contributed by atoms with Crippen molar-refractivity contribution in [2.45, 2.75) is 39.9 Å². The summed E-state index contributed by atoms with van der Waals surface area (Å²) in [5.41, 5.74) is 0. The first-order valence-electron chi connectivity index (χ1n) is 3.97. The summed E-state index contributed by atoms with van der Waals surface area (Å²) < 4.78 is 0. The summed E-state index contributed by atoms with van der Waals surface area (Å²) in [6.45, 7) is 6.51. The Balaban J connectivity index is -0.0000000910. The molecule has 0 aliphatic carbocycles. The second-order valence-electron chi connectivity index (χ2n) is 2.10. The Morgan fingerprint density at radius 3 is 1.50 bits per heavy atom. The van der Waals surface area contributed by atoms with Crippen LogP contribution in [0.1, 0.15) is 33.6 Å². The van der Waals surface area contributed by atoms with Crippen LogP contribution in [-0.2, 0) is 0 Å². The van der Waals surface area contributed by atoms with Crippen molar-refractivity contribution in [3.8, 4) is 0 Å². The molecule has 0 atom stereocenters. The van der Waals surface area contributed by atoms with Crippen molar-refractivity contribution in [3.05, 3.63) is 0 Å². The zero-order valence-corrected chi connectivity index (χ0v) is 8.33. The summed E-state index contributed by atoms with van der Waals surface area (Å²) in [5.74, 6) is 0. The van der Waals surface area contributed by atoms with E-state index in [2.05, 4.69) is 26.0 Å². The molecule has 0 bridgehead atoms. The summed E-state index contributed by atoms with van der Waals surface area (Å²) in [6.07, 6.45) is 3.87. The van der Waals surface area contributed by atoms with Crippen molar-refractivity contribution in [3.63, 3.8) is 0 Å². The average Bonchev–Trinajstić information content (AvgIpc) is 1.91. The molecule has 1 radical (unpaired) electrons. The molecular formula is C7H20BLiN. The van der Waals surface area contributed by atoms with Gasteiger partial charge in [-0.3, -0.25) is 0 Å². The Morgan fingerprint density at radius 1 is 1.10 bits per heavy atom. The van der Waals surface area contributed by atoms with Gasteiger partial charge in [0.15, 0.2) is 0 Å². The zero-order chi connectivity index (χ0) is 7.54. The van der Waals surface area contributed by atoms with Crippen molar-refractivity contribution in [1.29, 1.82) is 0 Å². The maximum atomic E-state index is 3.02. The van der Waals surface area contributed by atoms with E-state index >= 15 is 0 Å². The summed E-state index contributed by atoms with van der Waals surface area (Å²) in [4.78, 5) is 0. The summed E-state index contributed by atoms with van der Waals surface area (Å²) >= 11 is 0. The second-order valence-corrected chi connectivity index (χ2v) is 2.10. The topological polar surface area (TPSA) is 12.0 Å². The van der Waals surface area contributed by atoms with E-state index in [4.69, 9.17) is 0 Å². The number of hydrogen-bond donors (Lipinski definition) is 1. The van der Waals surface area contributed by atoms with Crippen LogP contribution in [0.25, 0.3) is 0 Å². The van der Waals surface area contributed by atoms with Gasteiger partial charge in [-0.05, 0) is 0 Å². The van der Waals surface area contributed by atoms with Gasteiger partial charge in [0.25, 0.3) is 0 Å². The molecule has 0 fully saturated rings. The number of unbranched alkanes of at least 4 members (excludes halogenated alkanes) is 1. The Morgan fingerprint density at radius 2 is 1.50 bits per heavy atom. The number of hydrogen-bond acceptors (Lipinski definition) is 1. The van der Waals surface area contributed by atoms with Crippen LogP contribution in [0.3, 0.4) is 0 Å². The van der Waals surface area contributed by atoms with E-state index < -0.39 is 0 Å². The Kier molecular flexibility index (Phi) is 38.3. The molecule has 0 aromatic heterocycles. The first kappa shape index (κ1) is 16.9. The van der Waals surface area contributed by atoms with Crippen molar-refractivity contribution in [2.75, 3.05) is 7.05 Å². The van der Waals surface area contributed by atoms with E-state index in [1.54, 1.807) is 0 Å². The van der Waals surface area contributed by atoms with E-state index in [9.17, 15) is 0 Å². The average molecular weight is 136 g/mol. The fourth-order valence-corrected chi connectivity index (χ4v) is 0.250. The quantitative estimate of drug-likeness (QED) is 0.481. The van der Waals surface area contributed by atoms with Gasteiger partial charge in [0.1, 0.15) is 0 Å². The van der Waals surface area contributed by atoms with Crippen LogP contribution in [0, 0.1) is 0 Å². The van der Waals surface area contributed by atoms with Gasteiger partial charge in [0, 0.05) is 0 Å². The minimum absolute atomic E-state index is 0. The molecule has 0 rings (SSSR count). The van der Waals surface area contributed by atoms with E-state index in [-0.39, 0.29) is 18.9 Å². The van der Waals surface area contributed by atoms with Gasteiger partial charge in [0.2, 0.25) is 0 Å². The molecule has 0 heterocycles. The van der Waals surface area contributed by atoms with Crippen molar-refractivity contribution in [1.82, 2.24) is 5.23 Å². The third-order valence-corrected chi connectivity index (χ3v) is 1.000.